The highest BCUT2D eigenvalue weighted by Crippen LogP contribution is 2.25. The van der Waals surface area contributed by atoms with Gasteiger partial charge < -0.3 is 0 Å². The van der Waals surface area contributed by atoms with E-state index in [0.29, 0.717) is 5.92 Å². The summed E-state index contributed by atoms with van der Waals surface area (Å²) in [6, 6.07) is 2.30. The van der Waals surface area contributed by atoms with Crippen LogP contribution in [0.1, 0.15) is 75.6 Å². The first kappa shape index (κ1) is 14.2. The molecule has 1 heteroatoms. The molecule has 1 rings (SSSR count). The van der Waals surface area contributed by atoms with E-state index in [0.717, 1.165) is 6.42 Å². The topological polar surface area (TPSA) is 12.9 Å². The van der Waals surface area contributed by atoms with Crippen molar-refractivity contribution in [1.82, 2.24) is 4.98 Å². The second-order valence-electron chi connectivity index (χ2n) is 4.99. The summed E-state index contributed by atoms with van der Waals surface area (Å²) in [5, 5.41) is 0. The maximum atomic E-state index is 4.66. The molecule has 0 aromatic carbocycles. The Labute approximate surface area is 107 Å². The first-order valence-corrected chi connectivity index (χ1v) is 7.18. The molecular weight excluding hydrogens is 206 g/mol. The van der Waals surface area contributed by atoms with Crippen LogP contribution in [0.25, 0.3) is 0 Å². The van der Waals surface area contributed by atoms with Crippen molar-refractivity contribution >= 4 is 0 Å². The first-order chi connectivity index (χ1) is 8.22. The Balaban J connectivity index is 2.71. The van der Waals surface area contributed by atoms with E-state index in [2.05, 4.69) is 44.9 Å². The molecule has 1 heterocycles. The predicted octanol–water partition coefficient (Wildman–Crippen LogP) is 5.03. The van der Waals surface area contributed by atoms with Gasteiger partial charge in [0, 0.05) is 17.8 Å². The Hall–Kier alpha value is -0.850. The van der Waals surface area contributed by atoms with Crippen LogP contribution in [0.4, 0.5) is 0 Å². The van der Waals surface area contributed by atoms with Crippen molar-refractivity contribution in [1.29, 1.82) is 0 Å². The number of unbranched alkanes of at least 4 members (excludes halogenated alkanes) is 2. The molecule has 1 aromatic rings. The fourth-order valence-electron chi connectivity index (χ4n) is 2.40. The van der Waals surface area contributed by atoms with E-state index >= 15 is 0 Å². The molecule has 0 amide bonds. The van der Waals surface area contributed by atoms with Crippen molar-refractivity contribution in [2.75, 3.05) is 0 Å². The highest BCUT2D eigenvalue weighted by atomic mass is 14.7. The Kier molecular flexibility index (Phi) is 6.25. The lowest BCUT2D eigenvalue weighted by Crippen LogP contribution is -2.02. The zero-order chi connectivity index (χ0) is 12.7. The molecule has 0 radical (unpaired) electrons. The fraction of sp³-hybridized carbons (Fsp3) is 0.688. The number of pyridine rings is 1. The van der Waals surface area contributed by atoms with Gasteiger partial charge in [0.2, 0.25) is 0 Å². The van der Waals surface area contributed by atoms with Crippen molar-refractivity contribution in [2.24, 2.45) is 0 Å². The molecule has 0 spiro atoms. The average molecular weight is 233 g/mol. The van der Waals surface area contributed by atoms with E-state index in [4.69, 9.17) is 0 Å². The predicted molar refractivity (Wildman–Crippen MR) is 75.5 cm³/mol. The SMILES string of the molecule is CCCCCC(CC)c1cc(C)c(CC)cn1. The van der Waals surface area contributed by atoms with Crippen molar-refractivity contribution in [3.8, 4) is 0 Å². The van der Waals surface area contributed by atoms with Crippen LogP contribution in [-0.2, 0) is 6.42 Å². The number of rotatable bonds is 7. The van der Waals surface area contributed by atoms with Gasteiger partial charge in [0.15, 0.2) is 0 Å². The van der Waals surface area contributed by atoms with E-state index in [9.17, 15) is 0 Å². The van der Waals surface area contributed by atoms with E-state index in [1.807, 2.05) is 0 Å². The minimum atomic E-state index is 0.658. The summed E-state index contributed by atoms with van der Waals surface area (Å²) in [4.78, 5) is 4.66. The molecule has 96 valence electrons. The molecule has 0 aliphatic rings. The maximum Gasteiger partial charge on any atom is 0.0437 e. The van der Waals surface area contributed by atoms with Gasteiger partial charge >= 0.3 is 0 Å². The second-order valence-corrected chi connectivity index (χ2v) is 4.99. The van der Waals surface area contributed by atoms with Gasteiger partial charge in [0.05, 0.1) is 0 Å². The Bertz CT molecular complexity index is 330. The largest absolute Gasteiger partial charge is 0.261 e. The zero-order valence-corrected chi connectivity index (χ0v) is 11.9. The molecule has 1 nitrogen and oxygen atoms in total. The van der Waals surface area contributed by atoms with Crippen LogP contribution in [0, 0.1) is 6.92 Å². The minimum Gasteiger partial charge on any atom is -0.261 e. The van der Waals surface area contributed by atoms with Gasteiger partial charge in [-0.1, -0.05) is 40.0 Å². The van der Waals surface area contributed by atoms with E-state index in [1.165, 1.54) is 48.9 Å². The summed E-state index contributed by atoms with van der Waals surface area (Å²) in [6.07, 6.45) is 9.66. The maximum absolute atomic E-state index is 4.66. The number of aromatic nitrogens is 1. The summed E-state index contributed by atoms with van der Waals surface area (Å²) in [6.45, 7) is 8.95. The molecule has 0 bridgehead atoms. The quantitative estimate of drug-likeness (QED) is 0.602. The van der Waals surface area contributed by atoms with Crippen molar-refractivity contribution in [3.05, 3.63) is 29.1 Å². The molecule has 0 saturated heterocycles. The average Bonchev–Trinajstić information content (AvgIpc) is 2.35. The fourth-order valence-corrected chi connectivity index (χ4v) is 2.40. The third kappa shape index (κ3) is 4.14. The van der Waals surface area contributed by atoms with Gasteiger partial charge in [-0.3, -0.25) is 4.98 Å². The van der Waals surface area contributed by atoms with Crippen LogP contribution < -0.4 is 0 Å². The van der Waals surface area contributed by atoms with Crippen LogP contribution in [-0.4, -0.2) is 4.98 Å². The lowest BCUT2D eigenvalue weighted by Gasteiger charge is -2.15. The lowest BCUT2D eigenvalue weighted by atomic mass is 9.93. The van der Waals surface area contributed by atoms with E-state index < -0.39 is 0 Å². The number of hydrogen-bond acceptors (Lipinski definition) is 1. The minimum absolute atomic E-state index is 0.658. The van der Waals surface area contributed by atoms with Gasteiger partial charge in [0.1, 0.15) is 0 Å². The molecule has 0 aliphatic heterocycles. The first-order valence-electron chi connectivity index (χ1n) is 7.18. The molecule has 1 atom stereocenters. The summed E-state index contributed by atoms with van der Waals surface area (Å²) in [7, 11) is 0. The monoisotopic (exact) mass is 233 g/mol. The molecule has 1 aromatic heterocycles. The van der Waals surface area contributed by atoms with Crippen LogP contribution >= 0.6 is 0 Å². The highest BCUT2D eigenvalue weighted by molar-refractivity contribution is 5.26. The zero-order valence-electron chi connectivity index (χ0n) is 11.9. The second kappa shape index (κ2) is 7.47. The highest BCUT2D eigenvalue weighted by Gasteiger charge is 2.11. The van der Waals surface area contributed by atoms with Crippen LogP contribution in [0.5, 0.6) is 0 Å². The lowest BCUT2D eigenvalue weighted by molar-refractivity contribution is 0.542. The summed E-state index contributed by atoms with van der Waals surface area (Å²) in [5.74, 6) is 0.658. The van der Waals surface area contributed by atoms with Crippen LogP contribution in [0.3, 0.4) is 0 Å². The number of aryl methyl sites for hydroxylation is 2. The summed E-state index contributed by atoms with van der Waals surface area (Å²) in [5.41, 5.74) is 4.10. The van der Waals surface area contributed by atoms with Gasteiger partial charge in [0.25, 0.3) is 0 Å². The Morgan fingerprint density at radius 1 is 1.18 bits per heavy atom. The van der Waals surface area contributed by atoms with Gasteiger partial charge in [-0.15, -0.1) is 0 Å². The Morgan fingerprint density at radius 3 is 2.47 bits per heavy atom. The Morgan fingerprint density at radius 2 is 1.94 bits per heavy atom. The molecule has 0 N–H and O–H groups in total. The van der Waals surface area contributed by atoms with Crippen molar-refractivity contribution in [2.45, 2.75) is 72.1 Å². The summed E-state index contributed by atoms with van der Waals surface area (Å²) >= 11 is 0. The van der Waals surface area contributed by atoms with Crippen LogP contribution in [0.2, 0.25) is 0 Å². The van der Waals surface area contributed by atoms with Gasteiger partial charge in [-0.25, -0.2) is 0 Å². The third-order valence-electron chi connectivity index (χ3n) is 3.69. The van der Waals surface area contributed by atoms with Gasteiger partial charge in [-0.05, 0) is 43.4 Å². The van der Waals surface area contributed by atoms with Crippen LogP contribution in [0.15, 0.2) is 12.3 Å². The molecular formula is C16H27N. The normalized spacial score (nSPS) is 12.7. The van der Waals surface area contributed by atoms with E-state index in [1.54, 1.807) is 0 Å². The van der Waals surface area contributed by atoms with E-state index in [-0.39, 0.29) is 0 Å². The molecule has 0 fully saturated rings. The van der Waals surface area contributed by atoms with Gasteiger partial charge in [-0.2, -0.15) is 0 Å². The molecule has 17 heavy (non-hydrogen) atoms. The molecule has 0 aliphatic carbocycles. The van der Waals surface area contributed by atoms with Crippen molar-refractivity contribution < 1.29 is 0 Å². The number of hydrogen-bond donors (Lipinski definition) is 0. The molecule has 1 unspecified atom stereocenters. The van der Waals surface area contributed by atoms with Crippen molar-refractivity contribution in [3.63, 3.8) is 0 Å². The number of nitrogens with zero attached hydrogens (tertiary/aromatic N) is 1. The molecule has 0 saturated carbocycles. The third-order valence-corrected chi connectivity index (χ3v) is 3.69. The summed E-state index contributed by atoms with van der Waals surface area (Å²) < 4.78 is 0. The smallest absolute Gasteiger partial charge is 0.0437 e. The standard InChI is InChI=1S/C16H27N/c1-5-8-9-10-14(6-2)16-11-13(4)15(7-3)12-17-16/h11-12,14H,5-10H2,1-4H3.